The summed E-state index contributed by atoms with van der Waals surface area (Å²) in [6, 6.07) is 19.0. The van der Waals surface area contributed by atoms with Gasteiger partial charge >= 0.3 is 0 Å². The van der Waals surface area contributed by atoms with Gasteiger partial charge in [0.15, 0.2) is 0 Å². The minimum atomic E-state index is 0.637. The van der Waals surface area contributed by atoms with Crippen molar-refractivity contribution in [3.63, 3.8) is 0 Å². The number of rotatable bonds is 2. The summed E-state index contributed by atoms with van der Waals surface area (Å²) in [4.78, 5) is 0. The molecule has 1 fully saturated rings. The molecule has 1 heterocycles. The highest BCUT2D eigenvalue weighted by atomic mass is 35.5. The first-order valence-electron chi connectivity index (χ1n) is 5.79. The zero-order valence-corrected chi connectivity index (χ0v) is 10.9. The number of hydrogen-bond donors (Lipinski definition) is 0. The van der Waals surface area contributed by atoms with Gasteiger partial charge in [0.25, 0.3) is 0 Å². The minimum Gasteiger partial charge on any atom is -0.145 e. The van der Waals surface area contributed by atoms with Gasteiger partial charge in [0.1, 0.15) is 0 Å². The normalized spacial score (nSPS) is 23.1. The summed E-state index contributed by atoms with van der Waals surface area (Å²) in [6.07, 6.45) is 1.23. The average molecular weight is 261 g/mol. The van der Waals surface area contributed by atoms with Gasteiger partial charge in [0.2, 0.25) is 0 Å². The van der Waals surface area contributed by atoms with Crippen molar-refractivity contribution in [1.29, 1.82) is 0 Å². The van der Waals surface area contributed by atoms with Crippen molar-refractivity contribution in [2.24, 2.45) is 0 Å². The van der Waals surface area contributed by atoms with Crippen LogP contribution >= 0.6 is 23.4 Å². The second-order valence-electron chi connectivity index (χ2n) is 4.31. The number of benzene rings is 2. The summed E-state index contributed by atoms with van der Waals surface area (Å²) in [6.45, 7) is 0. The fourth-order valence-electron chi connectivity index (χ4n) is 2.16. The molecule has 1 aliphatic rings. The van der Waals surface area contributed by atoms with E-state index in [4.69, 9.17) is 11.6 Å². The lowest BCUT2D eigenvalue weighted by Gasteiger charge is -2.35. The van der Waals surface area contributed by atoms with Crippen molar-refractivity contribution < 1.29 is 0 Å². The molecule has 1 saturated heterocycles. The summed E-state index contributed by atoms with van der Waals surface area (Å²) < 4.78 is 0. The molecule has 0 N–H and O–H groups in total. The Morgan fingerprint density at radius 2 is 1.35 bits per heavy atom. The van der Waals surface area contributed by atoms with E-state index in [1.54, 1.807) is 0 Å². The Bertz CT molecular complexity index is 486. The second kappa shape index (κ2) is 4.75. The van der Waals surface area contributed by atoms with Gasteiger partial charge in [-0.1, -0.05) is 54.1 Å². The third kappa shape index (κ3) is 2.36. The maximum Gasteiger partial charge on any atom is 0.0406 e. The first kappa shape index (κ1) is 11.2. The number of halogens is 1. The van der Waals surface area contributed by atoms with Crippen molar-refractivity contribution in [3.05, 3.63) is 70.7 Å². The van der Waals surface area contributed by atoms with Crippen LogP contribution in [-0.2, 0) is 0 Å². The lowest BCUT2D eigenvalue weighted by atomic mass is 10.0. The molecule has 0 spiro atoms. The summed E-state index contributed by atoms with van der Waals surface area (Å²) in [5, 5.41) is 2.12. The average Bonchev–Trinajstić information content (AvgIpc) is 2.31. The molecule has 2 heteroatoms. The smallest absolute Gasteiger partial charge is 0.0406 e. The molecule has 1 aliphatic heterocycles. The summed E-state index contributed by atoms with van der Waals surface area (Å²) in [5.41, 5.74) is 2.84. The molecule has 0 aromatic heterocycles. The molecule has 17 heavy (non-hydrogen) atoms. The lowest BCUT2D eigenvalue weighted by molar-refractivity contribution is 0.720. The number of thioether (sulfide) groups is 1. The molecule has 0 radical (unpaired) electrons. The van der Waals surface area contributed by atoms with E-state index in [-0.39, 0.29) is 0 Å². The van der Waals surface area contributed by atoms with E-state index < -0.39 is 0 Å². The molecular weight excluding hydrogens is 248 g/mol. The molecule has 86 valence electrons. The highest BCUT2D eigenvalue weighted by molar-refractivity contribution is 8.01. The summed E-state index contributed by atoms with van der Waals surface area (Å²) in [5.74, 6) is 0. The fourth-order valence-corrected chi connectivity index (χ4v) is 3.56. The molecule has 2 aromatic rings. The van der Waals surface area contributed by atoms with Crippen LogP contribution in [0.1, 0.15) is 28.0 Å². The Morgan fingerprint density at radius 1 is 0.824 bits per heavy atom. The molecule has 3 rings (SSSR count). The van der Waals surface area contributed by atoms with Crippen LogP contribution in [0.25, 0.3) is 0 Å². The summed E-state index contributed by atoms with van der Waals surface area (Å²) in [7, 11) is 0. The third-order valence-electron chi connectivity index (χ3n) is 3.17. The summed E-state index contributed by atoms with van der Waals surface area (Å²) >= 11 is 7.94. The largest absolute Gasteiger partial charge is 0.145 e. The second-order valence-corrected chi connectivity index (χ2v) is 6.16. The zero-order chi connectivity index (χ0) is 11.7. The molecule has 0 nitrogen and oxygen atoms in total. The first-order chi connectivity index (χ1) is 8.33. The molecule has 2 aromatic carbocycles. The van der Waals surface area contributed by atoms with E-state index >= 15 is 0 Å². The van der Waals surface area contributed by atoms with Gasteiger partial charge in [-0.2, -0.15) is 0 Å². The first-order valence-corrected chi connectivity index (χ1v) is 7.11. The fraction of sp³-hybridized carbons (Fsp3) is 0.200. The maximum absolute atomic E-state index is 5.90. The van der Waals surface area contributed by atoms with Crippen LogP contribution in [0.5, 0.6) is 0 Å². The molecule has 0 bridgehead atoms. The van der Waals surface area contributed by atoms with Crippen molar-refractivity contribution in [3.8, 4) is 0 Å². The SMILES string of the molecule is Clc1ccc([C@@H]2C[C@@H](c3ccccc3)S2)cc1. The van der Waals surface area contributed by atoms with Crippen LogP contribution in [0, 0.1) is 0 Å². The molecule has 0 unspecified atom stereocenters. The van der Waals surface area contributed by atoms with E-state index in [0.717, 1.165) is 5.02 Å². The highest BCUT2D eigenvalue weighted by Gasteiger charge is 2.31. The predicted molar refractivity (Wildman–Crippen MR) is 75.6 cm³/mol. The lowest BCUT2D eigenvalue weighted by Crippen LogP contribution is -2.12. The molecule has 2 atom stereocenters. The Labute approximate surface area is 111 Å². The van der Waals surface area contributed by atoms with Gasteiger partial charge in [-0.3, -0.25) is 0 Å². The van der Waals surface area contributed by atoms with E-state index in [9.17, 15) is 0 Å². The van der Waals surface area contributed by atoms with Gasteiger partial charge in [-0.05, 0) is 29.7 Å². The van der Waals surface area contributed by atoms with E-state index in [1.807, 2.05) is 23.9 Å². The predicted octanol–water partition coefficient (Wildman–Crippen LogP) is 5.26. The standard InChI is InChI=1S/C15H13ClS/c16-13-8-6-12(7-9-13)15-10-14(17-15)11-4-2-1-3-5-11/h1-9,14-15H,10H2/t14-,15-/m0/s1. The maximum atomic E-state index is 5.90. The monoisotopic (exact) mass is 260 g/mol. The van der Waals surface area contributed by atoms with E-state index in [2.05, 4.69) is 42.5 Å². The Kier molecular flexibility index (Phi) is 3.13. The van der Waals surface area contributed by atoms with Crippen LogP contribution < -0.4 is 0 Å². The van der Waals surface area contributed by atoms with Crippen molar-refractivity contribution in [2.45, 2.75) is 16.9 Å². The van der Waals surface area contributed by atoms with E-state index in [1.165, 1.54) is 17.5 Å². The van der Waals surface area contributed by atoms with Gasteiger partial charge in [-0.25, -0.2) is 0 Å². The van der Waals surface area contributed by atoms with E-state index in [0.29, 0.717) is 10.5 Å². The van der Waals surface area contributed by atoms with Crippen molar-refractivity contribution in [2.75, 3.05) is 0 Å². The number of hydrogen-bond acceptors (Lipinski definition) is 1. The van der Waals surface area contributed by atoms with Crippen LogP contribution in [0.4, 0.5) is 0 Å². The zero-order valence-electron chi connectivity index (χ0n) is 9.34. The molecule has 0 saturated carbocycles. The molecular formula is C15H13ClS. The van der Waals surface area contributed by atoms with Crippen LogP contribution in [0.3, 0.4) is 0 Å². The Hall–Kier alpha value is -0.920. The van der Waals surface area contributed by atoms with Gasteiger partial charge in [0.05, 0.1) is 0 Å². The van der Waals surface area contributed by atoms with Crippen LogP contribution in [0.15, 0.2) is 54.6 Å². The Morgan fingerprint density at radius 3 is 1.94 bits per heavy atom. The third-order valence-corrected chi connectivity index (χ3v) is 5.01. The topological polar surface area (TPSA) is 0 Å². The van der Waals surface area contributed by atoms with Crippen molar-refractivity contribution >= 4 is 23.4 Å². The van der Waals surface area contributed by atoms with Crippen LogP contribution in [0.2, 0.25) is 5.02 Å². The molecule has 0 amide bonds. The van der Waals surface area contributed by atoms with Gasteiger partial charge in [0, 0.05) is 15.5 Å². The quantitative estimate of drug-likeness (QED) is 0.710. The van der Waals surface area contributed by atoms with Crippen LogP contribution in [-0.4, -0.2) is 0 Å². The van der Waals surface area contributed by atoms with Crippen molar-refractivity contribution in [1.82, 2.24) is 0 Å². The minimum absolute atomic E-state index is 0.637. The highest BCUT2D eigenvalue weighted by Crippen LogP contribution is 2.57. The Balaban J connectivity index is 1.67. The van der Waals surface area contributed by atoms with Gasteiger partial charge < -0.3 is 0 Å². The van der Waals surface area contributed by atoms with Gasteiger partial charge in [-0.15, -0.1) is 11.8 Å². The molecule has 0 aliphatic carbocycles.